The van der Waals surface area contributed by atoms with Gasteiger partial charge in [0.05, 0.1) is 11.7 Å². The second-order valence-corrected chi connectivity index (χ2v) is 10.5. The number of carbonyl (C=O) groups is 3. The molecule has 3 aliphatic rings. The van der Waals surface area contributed by atoms with Crippen LogP contribution in [0.2, 0.25) is 0 Å². The largest absolute Gasteiger partial charge is 0.396 e. The summed E-state index contributed by atoms with van der Waals surface area (Å²) in [4.78, 5) is 40.0. The summed E-state index contributed by atoms with van der Waals surface area (Å²) in [6.07, 6.45) is 9.99. The van der Waals surface area contributed by atoms with Gasteiger partial charge in [0.15, 0.2) is 5.69 Å². The molecule has 0 spiro atoms. The number of nitrogens with zero attached hydrogens (tertiary/aromatic N) is 4. The van der Waals surface area contributed by atoms with E-state index in [1.54, 1.807) is 0 Å². The van der Waals surface area contributed by atoms with E-state index in [4.69, 9.17) is 11.6 Å². The van der Waals surface area contributed by atoms with Crippen LogP contribution in [0.1, 0.15) is 64.2 Å². The van der Waals surface area contributed by atoms with Crippen LogP contribution in [-0.2, 0) is 11.3 Å². The molecular formula is C29H34N10O3. The van der Waals surface area contributed by atoms with Crippen LogP contribution < -0.4 is 32.5 Å². The van der Waals surface area contributed by atoms with Crippen molar-refractivity contribution in [3.8, 4) is 0 Å². The lowest BCUT2D eigenvalue weighted by atomic mass is 9.92. The van der Waals surface area contributed by atoms with Crippen LogP contribution in [0.3, 0.4) is 0 Å². The summed E-state index contributed by atoms with van der Waals surface area (Å²) in [6, 6.07) is 7.10. The molecule has 2 amide bonds. The standard InChI is InChI=1S/C29H34N10O3/c1-16-15-39(26-25(30)17(2)27(26)40)24-12-18(10-11-21(16)24)14-32-28(41)22-13-23(36-35-22)29(42)33-19-6-3-4-7-20(9-5-8-19)34-38-37-31/h4-5,7-8,10-13,16,19-20H,2-3,6,9,14-15,30H2,1H3,(H2,31,38)(H,32,41)(H,33,42)(H,34,37)(H,35,36)/b7-4+,8-5+. The molecule has 13 nitrogen and oxygen atoms in total. The molecule has 0 fully saturated rings. The van der Waals surface area contributed by atoms with E-state index in [0.29, 0.717) is 36.4 Å². The zero-order chi connectivity index (χ0) is 29.8. The third-order valence-corrected chi connectivity index (χ3v) is 7.59. The Morgan fingerprint density at radius 1 is 1.19 bits per heavy atom. The van der Waals surface area contributed by atoms with Gasteiger partial charge in [-0.1, -0.05) is 60.4 Å². The van der Waals surface area contributed by atoms with Gasteiger partial charge in [-0.2, -0.15) is 5.10 Å². The number of carbonyl (C=O) groups excluding carboxylic acids is 3. The maximum atomic E-state index is 12.9. The fourth-order valence-corrected chi connectivity index (χ4v) is 5.27. The van der Waals surface area contributed by atoms with E-state index in [1.807, 2.05) is 47.4 Å². The van der Waals surface area contributed by atoms with Crippen molar-refractivity contribution in [2.75, 3.05) is 11.4 Å². The number of hydrogen-bond donors (Lipinski definition) is 6. The summed E-state index contributed by atoms with van der Waals surface area (Å²) in [7, 11) is 0. The van der Waals surface area contributed by atoms with Crippen molar-refractivity contribution in [2.24, 2.45) is 22.0 Å². The van der Waals surface area contributed by atoms with E-state index in [0.717, 1.165) is 23.2 Å². The first kappa shape index (κ1) is 28.3. The second kappa shape index (κ2) is 12.1. The number of anilines is 1. The molecular weight excluding hydrogens is 536 g/mol. The Morgan fingerprint density at radius 2 is 2.00 bits per heavy atom. The first-order chi connectivity index (χ1) is 20.3. The lowest BCUT2D eigenvalue weighted by Crippen LogP contribution is -2.38. The van der Waals surface area contributed by atoms with Gasteiger partial charge in [0.2, 0.25) is 5.78 Å². The first-order valence-electron chi connectivity index (χ1n) is 13.7. The predicted octanol–water partition coefficient (Wildman–Crippen LogP) is 2.17. The Balaban J connectivity index is 1.18. The highest BCUT2D eigenvalue weighted by atomic mass is 16.2. The van der Waals surface area contributed by atoms with Crippen molar-refractivity contribution >= 4 is 23.3 Å². The molecule has 0 saturated heterocycles. The Bertz CT molecular complexity index is 1540. The van der Waals surface area contributed by atoms with Gasteiger partial charge in [0, 0.05) is 42.4 Å². The van der Waals surface area contributed by atoms with Gasteiger partial charge < -0.3 is 27.1 Å². The predicted molar refractivity (Wildman–Crippen MR) is 157 cm³/mol. The third kappa shape index (κ3) is 5.80. The lowest BCUT2D eigenvalue weighted by molar-refractivity contribution is -0.113. The highest BCUT2D eigenvalue weighted by molar-refractivity contribution is 6.21. The maximum Gasteiger partial charge on any atom is 0.272 e. The van der Waals surface area contributed by atoms with Crippen LogP contribution in [0.25, 0.3) is 0 Å². The number of nitrogens with two attached hydrogens (primary N) is 2. The molecule has 13 heteroatoms. The molecule has 5 rings (SSSR count). The molecule has 3 unspecified atom stereocenters. The van der Waals surface area contributed by atoms with Crippen LogP contribution in [0.5, 0.6) is 0 Å². The van der Waals surface area contributed by atoms with Crippen LogP contribution >= 0.6 is 0 Å². The first-order valence-corrected chi connectivity index (χ1v) is 13.7. The number of hydrogen-bond acceptors (Lipinski definition) is 8. The van der Waals surface area contributed by atoms with Gasteiger partial charge in [-0.25, -0.2) is 0 Å². The van der Waals surface area contributed by atoms with Crippen molar-refractivity contribution in [3.63, 3.8) is 0 Å². The minimum absolute atomic E-state index is 0.0432. The van der Waals surface area contributed by atoms with Crippen LogP contribution in [0.4, 0.5) is 5.69 Å². The zero-order valence-electron chi connectivity index (χ0n) is 23.3. The number of benzene rings is 1. The number of amides is 2. The van der Waals surface area contributed by atoms with Gasteiger partial charge in [-0.15, -0.1) is 0 Å². The van der Waals surface area contributed by atoms with Gasteiger partial charge in [0.1, 0.15) is 11.4 Å². The topological polar surface area (TPSA) is 196 Å². The van der Waals surface area contributed by atoms with Crippen molar-refractivity contribution in [1.82, 2.24) is 26.3 Å². The third-order valence-electron chi connectivity index (χ3n) is 7.59. The SMILES string of the molecule is C=C1C(=O)C(N2CC(C)c3ccc(CNC(=O)c4cc(C(=O)NC5/C=C/CC(N/N=N/N)/C=C/CC5)n[nH]4)cc32)=C1N. The molecule has 2 heterocycles. The summed E-state index contributed by atoms with van der Waals surface area (Å²) in [5.74, 6) is 4.35. The Labute approximate surface area is 242 Å². The van der Waals surface area contributed by atoms with Crippen molar-refractivity contribution in [1.29, 1.82) is 0 Å². The van der Waals surface area contributed by atoms with Crippen molar-refractivity contribution < 1.29 is 14.4 Å². The van der Waals surface area contributed by atoms with E-state index < -0.39 is 5.91 Å². The number of allylic oxidation sites excluding steroid dienone is 3. The Hall–Kier alpha value is -5.20. The van der Waals surface area contributed by atoms with E-state index >= 15 is 0 Å². The fourth-order valence-electron chi connectivity index (χ4n) is 5.27. The number of Topliss-reactive ketones (excluding diaryl/α,β-unsaturated/α-hetero) is 1. The molecule has 1 aromatic heterocycles. The number of aromatic amines is 1. The van der Waals surface area contributed by atoms with Gasteiger partial charge in [-0.05, 0) is 36.5 Å². The summed E-state index contributed by atoms with van der Waals surface area (Å²) < 4.78 is 0. The average molecular weight is 571 g/mol. The average Bonchev–Trinajstić information content (AvgIpc) is 3.63. The van der Waals surface area contributed by atoms with E-state index in [-0.39, 0.29) is 47.6 Å². The number of ketones is 1. The fraction of sp³-hybridized carbons (Fsp3) is 0.310. The minimum Gasteiger partial charge on any atom is -0.396 e. The summed E-state index contributed by atoms with van der Waals surface area (Å²) in [5, 5.41) is 19.3. The number of H-pyrrole nitrogens is 1. The summed E-state index contributed by atoms with van der Waals surface area (Å²) in [6.45, 7) is 6.70. The molecule has 8 N–H and O–H groups in total. The Kier molecular flexibility index (Phi) is 8.18. The van der Waals surface area contributed by atoms with Crippen LogP contribution in [-0.4, -0.2) is 46.4 Å². The molecule has 2 aliphatic carbocycles. The van der Waals surface area contributed by atoms with E-state index in [1.165, 1.54) is 6.07 Å². The van der Waals surface area contributed by atoms with Crippen molar-refractivity contribution in [2.45, 2.75) is 50.7 Å². The van der Waals surface area contributed by atoms with Gasteiger partial charge in [-0.3, -0.25) is 24.9 Å². The molecule has 2 aromatic rings. The van der Waals surface area contributed by atoms with Crippen LogP contribution in [0, 0.1) is 0 Å². The summed E-state index contributed by atoms with van der Waals surface area (Å²) >= 11 is 0. The smallest absolute Gasteiger partial charge is 0.272 e. The Morgan fingerprint density at radius 3 is 2.79 bits per heavy atom. The molecule has 42 heavy (non-hydrogen) atoms. The van der Waals surface area contributed by atoms with Gasteiger partial charge >= 0.3 is 0 Å². The number of aromatic nitrogens is 2. The lowest BCUT2D eigenvalue weighted by Gasteiger charge is -2.31. The quantitative estimate of drug-likeness (QED) is 0.0912. The van der Waals surface area contributed by atoms with E-state index in [9.17, 15) is 14.4 Å². The molecule has 218 valence electrons. The molecule has 1 aromatic carbocycles. The number of rotatable bonds is 8. The minimum atomic E-state index is -0.398. The molecule has 0 saturated carbocycles. The molecule has 0 radical (unpaired) electrons. The van der Waals surface area contributed by atoms with Gasteiger partial charge in [0.25, 0.3) is 11.8 Å². The second-order valence-electron chi connectivity index (χ2n) is 10.5. The zero-order valence-corrected chi connectivity index (χ0v) is 23.3. The molecule has 1 aliphatic heterocycles. The monoisotopic (exact) mass is 570 g/mol. The number of nitrogens with one attached hydrogen (secondary N) is 4. The van der Waals surface area contributed by atoms with E-state index in [2.05, 4.69) is 50.2 Å². The molecule has 3 atom stereocenters. The molecule has 0 bridgehead atoms. The highest BCUT2D eigenvalue weighted by Crippen LogP contribution is 2.42. The van der Waals surface area contributed by atoms with Crippen LogP contribution in [0.15, 0.2) is 82.6 Å². The van der Waals surface area contributed by atoms with Crippen molar-refractivity contribution in [3.05, 3.63) is 94.6 Å². The maximum absolute atomic E-state index is 12.9. The number of fused-ring (bicyclic) bond motifs is 1. The highest BCUT2D eigenvalue weighted by Gasteiger charge is 2.39. The summed E-state index contributed by atoms with van der Waals surface area (Å²) in [5.41, 5.74) is 13.3. The normalized spacial score (nSPS) is 23.5.